The zero-order valence-corrected chi connectivity index (χ0v) is 9.22. The molecule has 0 aliphatic rings. The van der Waals surface area contributed by atoms with E-state index in [0.29, 0.717) is 0 Å². The predicted octanol–water partition coefficient (Wildman–Crippen LogP) is -0.665. The highest BCUT2D eigenvalue weighted by Gasteiger charge is 2.09. The number of anilines is 1. The Morgan fingerprint density at radius 3 is 2.67 bits per heavy atom. The minimum absolute atomic E-state index is 0.0870. The van der Waals surface area contributed by atoms with Gasteiger partial charge in [0.15, 0.2) is 11.0 Å². The van der Waals surface area contributed by atoms with Gasteiger partial charge in [-0.05, 0) is 12.1 Å². The van der Waals surface area contributed by atoms with E-state index in [1.54, 1.807) is 0 Å². The maximum Gasteiger partial charge on any atom is 0.300 e. The summed E-state index contributed by atoms with van der Waals surface area (Å²) in [6.45, 7) is 0.365. The van der Waals surface area contributed by atoms with Crippen LogP contribution < -0.4 is 15.2 Å². The van der Waals surface area contributed by atoms with E-state index in [2.05, 4.69) is 19.6 Å². The first-order valence-corrected chi connectivity index (χ1v) is 5.86. The minimum Gasteiger partial charge on any atom is -0.329 e. The number of hydrogen-bond acceptors (Lipinski definition) is 5. The Kier molecular flexibility index (Phi) is 4.21. The summed E-state index contributed by atoms with van der Waals surface area (Å²) in [5.41, 5.74) is 5.15. The largest absolute Gasteiger partial charge is 0.329 e. The van der Waals surface area contributed by atoms with E-state index in [1.165, 1.54) is 12.1 Å². The third-order valence-electron chi connectivity index (χ3n) is 1.31. The lowest BCUT2D eigenvalue weighted by atomic mass is 10.5. The number of nitrogens with zero attached hydrogens (tertiary/aromatic N) is 2. The van der Waals surface area contributed by atoms with Gasteiger partial charge in [-0.15, -0.1) is 10.2 Å². The lowest BCUT2D eigenvalue weighted by Crippen LogP contribution is -2.34. The molecule has 0 saturated heterocycles. The molecule has 0 aromatic carbocycles. The van der Waals surface area contributed by atoms with Crippen LogP contribution in [0.4, 0.5) is 5.82 Å². The van der Waals surface area contributed by atoms with Crippen molar-refractivity contribution in [3.8, 4) is 0 Å². The second-order valence-electron chi connectivity index (χ2n) is 2.53. The first kappa shape index (κ1) is 12.1. The molecule has 1 aromatic rings. The molecule has 0 saturated carbocycles. The van der Waals surface area contributed by atoms with Gasteiger partial charge in [-0.1, -0.05) is 11.6 Å². The van der Waals surface area contributed by atoms with Crippen LogP contribution in [0.3, 0.4) is 0 Å². The molecule has 1 heterocycles. The molecule has 0 amide bonds. The summed E-state index contributed by atoms with van der Waals surface area (Å²) < 4.78 is 26.9. The smallest absolute Gasteiger partial charge is 0.300 e. The van der Waals surface area contributed by atoms with Crippen molar-refractivity contribution in [1.82, 2.24) is 14.9 Å². The van der Waals surface area contributed by atoms with Gasteiger partial charge >= 0.3 is 0 Å². The monoisotopic (exact) mass is 251 g/mol. The maximum absolute atomic E-state index is 11.3. The Labute approximate surface area is 92.2 Å². The molecule has 0 bridgehead atoms. The van der Waals surface area contributed by atoms with E-state index < -0.39 is 10.2 Å². The molecule has 0 aliphatic carbocycles. The van der Waals surface area contributed by atoms with Gasteiger partial charge in [0.1, 0.15) is 0 Å². The fourth-order valence-electron chi connectivity index (χ4n) is 0.737. The van der Waals surface area contributed by atoms with Crippen molar-refractivity contribution in [3.05, 3.63) is 17.3 Å². The average molecular weight is 252 g/mol. The first-order chi connectivity index (χ1) is 7.03. The summed E-state index contributed by atoms with van der Waals surface area (Å²) in [6, 6.07) is 2.83. The number of rotatable bonds is 5. The fourth-order valence-corrected chi connectivity index (χ4v) is 1.68. The summed E-state index contributed by atoms with van der Waals surface area (Å²) in [6.07, 6.45) is 0. The molecule has 84 valence electrons. The third kappa shape index (κ3) is 4.38. The zero-order valence-electron chi connectivity index (χ0n) is 7.64. The van der Waals surface area contributed by atoms with Gasteiger partial charge in [-0.2, -0.15) is 13.1 Å². The zero-order chi connectivity index (χ0) is 11.3. The molecule has 1 aromatic heterocycles. The number of hydrogen-bond donors (Lipinski definition) is 3. The molecule has 0 radical (unpaired) electrons. The highest BCUT2D eigenvalue weighted by Crippen LogP contribution is 2.06. The Morgan fingerprint density at radius 2 is 2.13 bits per heavy atom. The van der Waals surface area contributed by atoms with E-state index >= 15 is 0 Å². The standard InChI is InChI=1S/C6H10ClN5O2S/c7-5-1-2-6(11-10-5)12-15(13,14)9-4-3-8/h1-2,9H,3-4,8H2,(H,11,12). The van der Waals surface area contributed by atoms with E-state index in [1.807, 2.05) is 0 Å². The van der Waals surface area contributed by atoms with Gasteiger partial charge in [0, 0.05) is 13.1 Å². The van der Waals surface area contributed by atoms with Crippen LogP contribution in [0.15, 0.2) is 12.1 Å². The minimum atomic E-state index is -3.64. The van der Waals surface area contributed by atoms with Gasteiger partial charge in [-0.3, -0.25) is 4.72 Å². The second kappa shape index (κ2) is 5.21. The normalized spacial score (nSPS) is 11.3. The van der Waals surface area contributed by atoms with Crippen molar-refractivity contribution in [2.45, 2.75) is 0 Å². The molecule has 0 unspecified atom stereocenters. The molecule has 1 rings (SSSR count). The van der Waals surface area contributed by atoms with Gasteiger partial charge in [0.25, 0.3) is 10.2 Å². The number of nitrogens with one attached hydrogen (secondary N) is 2. The van der Waals surface area contributed by atoms with Crippen molar-refractivity contribution >= 4 is 27.6 Å². The molecule has 4 N–H and O–H groups in total. The van der Waals surface area contributed by atoms with Gasteiger partial charge < -0.3 is 5.73 Å². The van der Waals surface area contributed by atoms with Crippen molar-refractivity contribution < 1.29 is 8.42 Å². The van der Waals surface area contributed by atoms with Crippen LogP contribution in [0, 0.1) is 0 Å². The van der Waals surface area contributed by atoms with Crippen molar-refractivity contribution in [2.75, 3.05) is 17.8 Å². The van der Waals surface area contributed by atoms with Crippen LogP contribution in [0.2, 0.25) is 5.15 Å². The van der Waals surface area contributed by atoms with Crippen molar-refractivity contribution in [2.24, 2.45) is 5.73 Å². The number of halogens is 1. The van der Waals surface area contributed by atoms with Crippen molar-refractivity contribution in [3.63, 3.8) is 0 Å². The van der Waals surface area contributed by atoms with Crippen molar-refractivity contribution in [1.29, 1.82) is 0 Å². The summed E-state index contributed by atoms with van der Waals surface area (Å²) in [4.78, 5) is 0. The molecule has 9 heteroatoms. The van der Waals surface area contributed by atoms with Crippen LogP contribution in [-0.4, -0.2) is 31.7 Å². The van der Waals surface area contributed by atoms with Crippen LogP contribution in [-0.2, 0) is 10.2 Å². The quantitative estimate of drug-likeness (QED) is 0.643. The summed E-state index contributed by atoms with van der Waals surface area (Å²) in [7, 11) is -3.64. The Balaban J connectivity index is 2.65. The SMILES string of the molecule is NCCNS(=O)(=O)Nc1ccc(Cl)nn1. The van der Waals surface area contributed by atoms with Gasteiger partial charge in [0.05, 0.1) is 0 Å². The molecule has 0 aliphatic heterocycles. The molecule has 0 atom stereocenters. The van der Waals surface area contributed by atoms with Crippen LogP contribution in [0.25, 0.3) is 0 Å². The Hall–Kier alpha value is -0.960. The molecule has 0 fully saturated rings. The Bertz CT molecular complexity index is 406. The highest BCUT2D eigenvalue weighted by molar-refractivity contribution is 7.90. The molecule has 15 heavy (non-hydrogen) atoms. The molecule has 7 nitrogen and oxygen atoms in total. The Morgan fingerprint density at radius 1 is 1.40 bits per heavy atom. The van der Waals surface area contributed by atoms with E-state index in [0.717, 1.165) is 0 Å². The predicted molar refractivity (Wildman–Crippen MR) is 56.6 cm³/mol. The summed E-state index contributed by atoms with van der Waals surface area (Å²) in [5.74, 6) is 0.0870. The number of aromatic nitrogens is 2. The molecular formula is C6H10ClN5O2S. The average Bonchev–Trinajstić information content (AvgIpc) is 2.18. The van der Waals surface area contributed by atoms with Crippen LogP contribution in [0.1, 0.15) is 0 Å². The first-order valence-electron chi connectivity index (χ1n) is 4.00. The van der Waals surface area contributed by atoms with E-state index in [-0.39, 0.29) is 24.1 Å². The number of nitrogens with two attached hydrogens (primary N) is 1. The third-order valence-corrected chi connectivity index (χ3v) is 2.57. The highest BCUT2D eigenvalue weighted by atomic mass is 35.5. The lowest BCUT2D eigenvalue weighted by molar-refractivity contribution is 0.587. The van der Waals surface area contributed by atoms with Gasteiger partial charge in [-0.25, -0.2) is 0 Å². The molecule has 0 spiro atoms. The maximum atomic E-state index is 11.3. The van der Waals surface area contributed by atoms with E-state index in [9.17, 15) is 8.42 Å². The van der Waals surface area contributed by atoms with E-state index in [4.69, 9.17) is 17.3 Å². The fraction of sp³-hybridized carbons (Fsp3) is 0.333. The summed E-state index contributed by atoms with van der Waals surface area (Å²) in [5, 5.41) is 7.20. The van der Waals surface area contributed by atoms with Crippen LogP contribution in [0.5, 0.6) is 0 Å². The lowest BCUT2D eigenvalue weighted by Gasteiger charge is -2.06. The summed E-state index contributed by atoms with van der Waals surface area (Å²) >= 11 is 5.48. The topological polar surface area (TPSA) is 110 Å². The van der Waals surface area contributed by atoms with Gasteiger partial charge in [0.2, 0.25) is 0 Å². The molecular weight excluding hydrogens is 242 g/mol. The second-order valence-corrected chi connectivity index (χ2v) is 4.42. The van der Waals surface area contributed by atoms with Crippen LogP contribution >= 0.6 is 11.6 Å².